The highest BCUT2D eigenvalue weighted by molar-refractivity contribution is 9.10. The molecule has 3 heterocycles. The maximum Gasteiger partial charge on any atom is 0.422 e. The molecule has 0 saturated carbocycles. The van der Waals surface area contributed by atoms with Crippen molar-refractivity contribution < 1.29 is 35.6 Å². The Hall–Kier alpha value is -2.53. The number of aromatic nitrogens is 3. The number of anilines is 1. The largest absolute Gasteiger partial charge is 0.454 e. The predicted octanol–water partition coefficient (Wildman–Crippen LogP) is 7.09. The van der Waals surface area contributed by atoms with Crippen molar-refractivity contribution in [2.45, 2.75) is 88.9 Å². The number of halogens is 4. The fourth-order valence-corrected chi connectivity index (χ4v) is 7.99. The van der Waals surface area contributed by atoms with Crippen LogP contribution in [0.1, 0.15) is 56.2 Å². The van der Waals surface area contributed by atoms with E-state index in [1.54, 1.807) is 12.1 Å². The van der Waals surface area contributed by atoms with E-state index in [1.165, 1.54) is 12.4 Å². The van der Waals surface area contributed by atoms with Gasteiger partial charge in [0.05, 0.1) is 4.90 Å². The van der Waals surface area contributed by atoms with E-state index in [0.717, 1.165) is 21.5 Å². The van der Waals surface area contributed by atoms with Crippen LogP contribution < -0.4 is 9.04 Å². The average Bonchev–Trinajstić information content (AvgIpc) is 3.35. The number of sulfonamides is 1. The third kappa shape index (κ3) is 9.08. The normalized spacial score (nSPS) is 15.5. The first-order valence-corrected chi connectivity index (χ1v) is 20.8. The molecule has 0 aliphatic carbocycles. The fraction of sp³-hybridized carbons (Fsp3) is 0.567. The zero-order valence-corrected chi connectivity index (χ0v) is 30.5. The maximum absolute atomic E-state index is 14.2. The number of rotatable bonds is 12. The van der Waals surface area contributed by atoms with Crippen molar-refractivity contribution in [1.29, 1.82) is 0 Å². The van der Waals surface area contributed by atoms with Gasteiger partial charge in [-0.2, -0.15) is 13.2 Å². The van der Waals surface area contributed by atoms with Crippen LogP contribution in [0.2, 0.25) is 25.7 Å². The van der Waals surface area contributed by atoms with Gasteiger partial charge in [0.1, 0.15) is 11.2 Å². The molecule has 16 heteroatoms. The molecule has 0 fully saturated rings. The summed E-state index contributed by atoms with van der Waals surface area (Å²) in [6.45, 7) is 14.3. The van der Waals surface area contributed by atoms with Crippen LogP contribution in [0.25, 0.3) is 0 Å². The van der Waals surface area contributed by atoms with E-state index in [2.05, 4.69) is 60.3 Å². The first kappa shape index (κ1) is 36.3. The topological polar surface area (TPSA) is 111 Å². The predicted molar refractivity (Wildman–Crippen MR) is 174 cm³/mol. The molecule has 0 amide bonds. The first-order valence-electron chi connectivity index (χ1n) is 14.9. The van der Waals surface area contributed by atoms with Crippen molar-refractivity contribution in [3.8, 4) is 6.01 Å². The first-order chi connectivity index (χ1) is 21.3. The van der Waals surface area contributed by atoms with Gasteiger partial charge in [0.2, 0.25) is 5.82 Å². The monoisotopic (exact) mass is 747 g/mol. The number of hydrogen-bond donors (Lipinski definition) is 0. The lowest BCUT2D eigenvalue weighted by atomic mass is 9.93. The highest BCUT2D eigenvalue weighted by Gasteiger charge is 2.35. The van der Waals surface area contributed by atoms with E-state index in [-0.39, 0.29) is 29.5 Å². The van der Waals surface area contributed by atoms with Gasteiger partial charge < -0.3 is 14.0 Å². The van der Waals surface area contributed by atoms with Gasteiger partial charge in [-0.25, -0.2) is 22.7 Å². The Morgan fingerprint density at radius 2 is 1.80 bits per heavy atom. The summed E-state index contributed by atoms with van der Waals surface area (Å²) in [4.78, 5) is 10.1. The Balaban J connectivity index is 1.57. The van der Waals surface area contributed by atoms with Crippen LogP contribution in [0, 0.1) is 0 Å². The summed E-state index contributed by atoms with van der Waals surface area (Å²) in [7, 11) is -5.55. The highest BCUT2D eigenvalue weighted by Crippen LogP contribution is 2.39. The summed E-state index contributed by atoms with van der Waals surface area (Å²) in [6, 6.07) is 5.45. The Morgan fingerprint density at radius 1 is 1.13 bits per heavy atom. The molecule has 0 saturated heterocycles. The number of hydrogen-bond acceptors (Lipinski definition) is 9. The van der Waals surface area contributed by atoms with Crippen LogP contribution in [0.5, 0.6) is 6.01 Å². The summed E-state index contributed by atoms with van der Waals surface area (Å²) < 4.78 is 83.7. The minimum atomic E-state index is -4.48. The zero-order chi connectivity index (χ0) is 34.1. The van der Waals surface area contributed by atoms with Crippen LogP contribution in [0.3, 0.4) is 0 Å². The molecule has 0 N–H and O–H groups in total. The quantitative estimate of drug-likeness (QED) is 0.109. The Morgan fingerprint density at radius 3 is 2.39 bits per heavy atom. The molecule has 1 unspecified atom stereocenters. The molecule has 4 rings (SSSR count). The van der Waals surface area contributed by atoms with Crippen LogP contribution in [-0.4, -0.2) is 69.2 Å². The summed E-state index contributed by atoms with van der Waals surface area (Å²) >= 11 is 3.54. The smallest absolute Gasteiger partial charge is 0.422 e. The second-order valence-corrected chi connectivity index (χ2v) is 21.9. The second kappa shape index (κ2) is 13.9. The maximum atomic E-state index is 14.2. The molecule has 1 aliphatic heterocycles. The van der Waals surface area contributed by atoms with Crippen molar-refractivity contribution in [3.63, 3.8) is 0 Å². The molecule has 0 spiro atoms. The van der Waals surface area contributed by atoms with Crippen molar-refractivity contribution in [1.82, 2.24) is 20.0 Å². The van der Waals surface area contributed by atoms with Crippen LogP contribution >= 0.6 is 15.9 Å². The van der Waals surface area contributed by atoms with Crippen molar-refractivity contribution >= 4 is 39.8 Å². The minimum Gasteiger partial charge on any atom is -0.454 e. The lowest BCUT2D eigenvalue weighted by Crippen LogP contribution is -2.36. The van der Waals surface area contributed by atoms with E-state index in [0.29, 0.717) is 41.9 Å². The third-order valence-electron chi connectivity index (χ3n) is 7.59. The van der Waals surface area contributed by atoms with Crippen LogP contribution in [0.15, 0.2) is 44.5 Å². The molecule has 3 aromatic rings. The molecular weight excluding hydrogens is 707 g/mol. The van der Waals surface area contributed by atoms with Gasteiger partial charge in [0, 0.05) is 57.2 Å². The standard InChI is InChI=1S/C30H41BrF3N5O5SSi/c1-20(23-15-35-28(36-16-23)43-18-30(32,33)34)38-11-10-21-8-9-24(14-22(21)17-38)45(40,41)39(19-42-12-13-46(5,6)7)27-25(31)26(44-37-27)29(2,3)4/h8-9,14-16,20H,10-13,17-19H2,1-7H3. The van der Waals surface area contributed by atoms with Gasteiger partial charge in [-0.05, 0) is 58.6 Å². The number of ether oxygens (including phenoxy) is 2. The van der Waals surface area contributed by atoms with E-state index in [4.69, 9.17) is 9.26 Å². The molecule has 2 aromatic heterocycles. The van der Waals surface area contributed by atoms with Gasteiger partial charge in [0.15, 0.2) is 12.4 Å². The van der Waals surface area contributed by atoms with Crippen LogP contribution in [-0.2, 0) is 33.1 Å². The van der Waals surface area contributed by atoms with E-state index in [1.807, 2.05) is 33.8 Å². The van der Waals surface area contributed by atoms with E-state index < -0.39 is 36.3 Å². The van der Waals surface area contributed by atoms with Crippen molar-refractivity contribution in [2.75, 3.05) is 30.8 Å². The zero-order valence-electron chi connectivity index (χ0n) is 27.1. The molecule has 1 aromatic carbocycles. The molecule has 1 atom stereocenters. The van der Waals surface area contributed by atoms with Crippen molar-refractivity contribution in [2.24, 2.45) is 0 Å². The highest BCUT2D eigenvalue weighted by atomic mass is 79.9. The summed E-state index contributed by atoms with van der Waals surface area (Å²) in [6.07, 6.45) is -0.911. The van der Waals surface area contributed by atoms with Gasteiger partial charge in [-0.3, -0.25) is 4.90 Å². The Kier molecular flexibility index (Phi) is 11.0. The second-order valence-electron chi connectivity index (χ2n) is 13.6. The molecule has 1 aliphatic rings. The number of benzene rings is 1. The molecule has 0 bridgehead atoms. The lowest BCUT2D eigenvalue weighted by molar-refractivity contribution is -0.154. The molecule has 10 nitrogen and oxygen atoms in total. The van der Waals surface area contributed by atoms with Gasteiger partial charge in [0.25, 0.3) is 10.0 Å². The molecule has 46 heavy (non-hydrogen) atoms. The van der Waals surface area contributed by atoms with E-state index >= 15 is 0 Å². The van der Waals surface area contributed by atoms with Crippen LogP contribution in [0.4, 0.5) is 19.0 Å². The van der Waals surface area contributed by atoms with E-state index in [9.17, 15) is 21.6 Å². The number of fused-ring (bicyclic) bond motifs is 1. The average molecular weight is 749 g/mol. The summed E-state index contributed by atoms with van der Waals surface area (Å²) in [5.41, 5.74) is 2.15. The Labute approximate surface area is 277 Å². The number of nitrogens with zero attached hydrogens (tertiary/aromatic N) is 5. The van der Waals surface area contributed by atoms with Gasteiger partial charge >= 0.3 is 12.2 Å². The number of alkyl halides is 3. The summed E-state index contributed by atoms with van der Waals surface area (Å²) in [5.74, 6) is 0.636. The Bertz CT molecular complexity index is 1610. The molecular formula is C30H41BrF3N5O5SSi. The SMILES string of the molecule is CC(c1cnc(OCC(F)(F)F)nc1)N1CCc2ccc(S(=O)(=O)N(COCC[Si](C)(C)C)c3noc(C(C)(C)C)c3Br)cc2C1. The third-order valence-corrected chi connectivity index (χ3v) is 11.7. The summed E-state index contributed by atoms with van der Waals surface area (Å²) in [5, 5.41) is 4.16. The molecule has 254 valence electrons. The fourth-order valence-electron chi connectivity index (χ4n) is 4.81. The van der Waals surface area contributed by atoms with Crippen molar-refractivity contribution in [3.05, 3.63) is 57.5 Å². The van der Waals surface area contributed by atoms with Gasteiger partial charge in [-0.1, -0.05) is 51.6 Å². The van der Waals surface area contributed by atoms with Gasteiger partial charge in [-0.15, -0.1) is 0 Å². The molecule has 0 radical (unpaired) electrons. The minimum absolute atomic E-state index is 0.0938. The lowest BCUT2D eigenvalue weighted by Gasteiger charge is -2.34.